The molecule has 26 heavy (non-hydrogen) atoms. The fraction of sp³-hybridized carbons (Fsp3) is 0.250. The second-order valence-corrected chi connectivity index (χ2v) is 7.82. The summed E-state index contributed by atoms with van der Waals surface area (Å²) >= 11 is 0. The Hall–Kier alpha value is -2.60. The molecule has 0 saturated heterocycles. The number of rotatable bonds is 8. The highest BCUT2D eigenvalue weighted by Crippen LogP contribution is 2.13. The summed E-state index contributed by atoms with van der Waals surface area (Å²) in [4.78, 5) is 14.3. The molecule has 1 N–H and O–H groups in total. The number of nitrogens with one attached hydrogen (secondary N) is 1. The number of hydrogen-bond donors (Lipinski definition) is 1. The van der Waals surface area contributed by atoms with Gasteiger partial charge in [-0.3, -0.25) is 9.52 Å². The SMILES string of the molecule is CCCN(Cc1ccccc1)C(=O)/C=C/c1ccc(NS(C)(=O)=O)cc1. The molecule has 138 valence electrons. The molecule has 0 unspecified atom stereocenters. The van der Waals surface area contributed by atoms with Crippen LogP contribution in [0, 0.1) is 0 Å². The summed E-state index contributed by atoms with van der Waals surface area (Å²) in [6.45, 7) is 3.31. The average molecular weight is 372 g/mol. The molecular weight excluding hydrogens is 348 g/mol. The van der Waals surface area contributed by atoms with Crippen molar-refractivity contribution < 1.29 is 13.2 Å². The van der Waals surface area contributed by atoms with Crippen molar-refractivity contribution in [2.24, 2.45) is 0 Å². The van der Waals surface area contributed by atoms with Crippen LogP contribution in [0.4, 0.5) is 5.69 Å². The molecule has 2 aromatic carbocycles. The van der Waals surface area contributed by atoms with E-state index in [4.69, 9.17) is 0 Å². The van der Waals surface area contributed by atoms with Crippen molar-refractivity contribution in [2.45, 2.75) is 19.9 Å². The third kappa shape index (κ3) is 6.72. The molecular formula is C20H24N2O3S. The number of carbonyl (C=O) groups is 1. The van der Waals surface area contributed by atoms with E-state index in [1.165, 1.54) is 0 Å². The van der Waals surface area contributed by atoms with E-state index in [2.05, 4.69) is 4.72 Å². The Bertz CT molecular complexity index is 844. The number of sulfonamides is 1. The smallest absolute Gasteiger partial charge is 0.246 e. The molecule has 0 aliphatic rings. The van der Waals surface area contributed by atoms with Gasteiger partial charge >= 0.3 is 0 Å². The summed E-state index contributed by atoms with van der Waals surface area (Å²) < 4.78 is 24.8. The molecule has 0 aliphatic carbocycles. The maximum Gasteiger partial charge on any atom is 0.246 e. The molecule has 0 bridgehead atoms. The largest absolute Gasteiger partial charge is 0.335 e. The normalized spacial score (nSPS) is 11.5. The van der Waals surface area contributed by atoms with Gasteiger partial charge in [-0.15, -0.1) is 0 Å². The molecule has 0 aromatic heterocycles. The Kier molecular flexibility index (Phi) is 6.97. The fourth-order valence-electron chi connectivity index (χ4n) is 2.49. The predicted octanol–water partition coefficient (Wildman–Crippen LogP) is 3.51. The molecule has 0 radical (unpaired) electrons. The van der Waals surface area contributed by atoms with Crippen molar-refractivity contribution >= 4 is 27.7 Å². The fourth-order valence-corrected chi connectivity index (χ4v) is 3.05. The molecule has 5 nitrogen and oxygen atoms in total. The second kappa shape index (κ2) is 9.20. The van der Waals surface area contributed by atoms with Gasteiger partial charge in [0.05, 0.1) is 6.26 Å². The highest BCUT2D eigenvalue weighted by atomic mass is 32.2. The summed E-state index contributed by atoms with van der Waals surface area (Å²) in [6.07, 6.45) is 5.28. The maximum absolute atomic E-state index is 12.5. The van der Waals surface area contributed by atoms with E-state index in [9.17, 15) is 13.2 Å². The van der Waals surface area contributed by atoms with Crippen LogP contribution in [0.1, 0.15) is 24.5 Å². The van der Waals surface area contributed by atoms with Crippen LogP contribution in [-0.4, -0.2) is 32.0 Å². The van der Waals surface area contributed by atoms with E-state index in [-0.39, 0.29) is 5.91 Å². The first-order valence-electron chi connectivity index (χ1n) is 8.46. The Labute approximate surface area is 155 Å². The number of hydrogen-bond acceptors (Lipinski definition) is 3. The Morgan fingerprint density at radius 3 is 2.31 bits per heavy atom. The third-order valence-electron chi connectivity index (χ3n) is 3.65. The molecule has 0 spiro atoms. The van der Waals surface area contributed by atoms with Crippen LogP contribution in [0.15, 0.2) is 60.7 Å². The van der Waals surface area contributed by atoms with Gasteiger partial charge in [0.25, 0.3) is 0 Å². The van der Waals surface area contributed by atoms with Crippen LogP contribution in [0.5, 0.6) is 0 Å². The van der Waals surface area contributed by atoms with Gasteiger partial charge < -0.3 is 4.90 Å². The summed E-state index contributed by atoms with van der Waals surface area (Å²) in [5, 5.41) is 0. The lowest BCUT2D eigenvalue weighted by Gasteiger charge is -2.20. The molecule has 0 heterocycles. The first-order valence-corrected chi connectivity index (χ1v) is 10.4. The van der Waals surface area contributed by atoms with Crippen LogP contribution in [0.3, 0.4) is 0 Å². The van der Waals surface area contributed by atoms with Crippen LogP contribution in [0.2, 0.25) is 0 Å². The van der Waals surface area contributed by atoms with Gasteiger partial charge in [0.15, 0.2) is 0 Å². The van der Waals surface area contributed by atoms with Crippen LogP contribution in [0.25, 0.3) is 6.08 Å². The highest BCUT2D eigenvalue weighted by molar-refractivity contribution is 7.92. The summed E-state index contributed by atoms with van der Waals surface area (Å²) in [5.74, 6) is -0.0472. The maximum atomic E-state index is 12.5. The van der Waals surface area contributed by atoms with Crippen LogP contribution >= 0.6 is 0 Å². The van der Waals surface area contributed by atoms with E-state index in [1.807, 2.05) is 42.2 Å². The lowest BCUT2D eigenvalue weighted by molar-refractivity contribution is -0.126. The molecule has 0 saturated carbocycles. The van der Waals surface area contributed by atoms with Crippen molar-refractivity contribution in [2.75, 3.05) is 17.5 Å². The lowest BCUT2D eigenvalue weighted by atomic mass is 10.2. The molecule has 2 rings (SSSR count). The van der Waals surface area contributed by atoms with Crippen molar-refractivity contribution in [1.82, 2.24) is 4.90 Å². The topological polar surface area (TPSA) is 66.5 Å². The number of nitrogens with zero attached hydrogens (tertiary/aromatic N) is 1. The van der Waals surface area contributed by atoms with Crippen molar-refractivity contribution in [3.05, 3.63) is 71.8 Å². The van der Waals surface area contributed by atoms with Crippen molar-refractivity contribution in [3.63, 3.8) is 0 Å². The average Bonchev–Trinajstić information content (AvgIpc) is 2.60. The van der Waals surface area contributed by atoms with E-state index < -0.39 is 10.0 Å². The van der Waals surface area contributed by atoms with Gasteiger partial charge in [-0.1, -0.05) is 49.4 Å². The Balaban J connectivity index is 2.03. The van der Waals surface area contributed by atoms with Gasteiger partial charge in [0, 0.05) is 24.9 Å². The lowest BCUT2D eigenvalue weighted by Crippen LogP contribution is -2.29. The van der Waals surface area contributed by atoms with Crippen molar-refractivity contribution in [3.8, 4) is 0 Å². The summed E-state index contributed by atoms with van der Waals surface area (Å²) in [5.41, 5.74) is 2.42. The van der Waals surface area contributed by atoms with Gasteiger partial charge in [0.1, 0.15) is 0 Å². The molecule has 0 fully saturated rings. The number of benzene rings is 2. The zero-order valence-corrected chi connectivity index (χ0v) is 15.9. The van der Waals surface area contributed by atoms with Gasteiger partial charge in [-0.25, -0.2) is 8.42 Å². The third-order valence-corrected chi connectivity index (χ3v) is 4.26. The minimum Gasteiger partial charge on any atom is -0.335 e. The summed E-state index contributed by atoms with van der Waals surface area (Å²) in [6, 6.07) is 16.8. The van der Waals surface area contributed by atoms with Gasteiger partial charge in [-0.05, 0) is 35.8 Å². The van der Waals surface area contributed by atoms with E-state index in [1.54, 1.807) is 36.4 Å². The number of carbonyl (C=O) groups excluding carboxylic acids is 1. The molecule has 2 aromatic rings. The second-order valence-electron chi connectivity index (χ2n) is 6.07. The van der Waals surface area contributed by atoms with E-state index >= 15 is 0 Å². The first-order chi connectivity index (χ1) is 12.4. The minimum absolute atomic E-state index is 0.0472. The zero-order chi connectivity index (χ0) is 19.0. The molecule has 0 aliphatic heterocycles. The number of amides is 1. The molecule has 6 heteroatoms. The Morgan fingerprint density at radius 1 is 1.08 bits per heavy atom. The van der Waals surface area contributed by atoms with Gasteiger partial charge in [0.2, 0.25) is 15.9 Å². The number of anilines is 1. The van der Waals surface area contributed by atoms with E-state index in [0.29, 0.717) is 18.8 Å². The van der Waals surface area contributed by atoms with Gasteiger partial charge in [-0.2, -0.15) is 0 Å². The molecule has 1 amide bonds. The van der Waals surface area contributed by atoms with Crippen LogP contribution in [-0.2, 0) is 21.4 Å². The summed E-state index contributed by atoms with van der Waals surface area (Å²) in [7, 11) is -3.29. The Morgan fingerprint density at radius 2 is 1.73 bits per heavy atom. The standard InChI is InChI=1S/C20H24N2O3S/c1-3-15-22(16-18-7-5-4-6-8-18)20(23)14-11-17-9-12-19(13-10-17)21-26(2,24)25/h4-14,21H,3,15-16H2,1-2H3/b14-11+. The first kappa shape index (κ1) is 19.7. The minimum atomic E-state index is -3.29. The van der Waals surface area contributed by atoms with E-state index in [0.717, 1.165) is 23.8 Å². The monoisotopic (exact) mass is 372 g/mol. The van der Waals surface area contributed by atoms with Crippen LogP contribution < -0.4 is 4.72 Å². The predicted molar refractivity (Wildman–Crippen MR) is 106 cm³/mol. The highest BCUT2D eigenvalue weighted by Gasteiger charge is 2.10. The van der Waals surface area contributed by atoms with Crippen molar-refractivity contribution in [1.29, 1.82) is 0 Å². The zero-order valence-electron chi connectivity index (χ0n) is 15.1. The quantitative estimate of drug-likeness (QED) is 0.721. The molecule has 0 atom stereocenters.